The molecule has 0 radical (unpaired) electrons. The van der Waals surface area contributed by atoms with Gasteiger partial charge in [-0.05, 0) is 23.8 Å². The highest BCUT2D eigenvalue weighted by atomic mass is 35.5. The summed E-state index contributed by atoms with van der Waals surface area (Å²) in [7, 11) is 0. The summed E-state index contributed by atoms with van der Waals surface area (Å²) in [4.78, 5) is 36.4. The van der Waals surface area contributed by atoms with Crippen molar-refractivity contribution >= 4 is 28.3 Å². The normalized spacial score (nSPS) is 10.8. The molecule has 0 fully saturated rings. The number of carbonyl (C=O) groups is 1. The van der Waals surface area contributed by atoms with Crippen LogP contribution >= 0.6 is 11.6 Å². The molecule has 3 aromatic rings. The van der Waals surface area contributed by atoms with Crippen LogP contribution in [0, 0.1) is 0 Å². The lowest BCUT2D eigenvalue weighted by atomic mass is 10.2. The molecular formula is C18H16ClN3O3. The minimum absolute atomic E-state index is 0.0681. The quantitative estimate of drug-likeness (QED) is 0.733. The van der Waals surface area contributed by atoms with Crippen molar-refractivity contribution < 1.29 is 4.79 Å². The van der Waals surface area contributed by atoms with E-state index in [-0.39, 0.29) is 30.0 Å². The predicted octanol–water partition coefficient (Wildman–Crippen LogP) is 2.05. The molecule has 0 saturated carbocycles. The van der Waals surface area contributed by atoms with Crippen molar-refractivity contribution in [1.29, 1.82) is 0 Å². The third-order valence-corrected chi connectivity index (χ3v) is 4.25. The van der Waals surface area contributed by atoms with Gasteiger partial charge in [0.05, 0.1) is 17.3 Å². The lowest BCUT2D eigenvalue weighted by Crippen LogP contribution is -2.32. The van der Waals surface area contributed by atoms with Crippen LogP contribution in [-0.2, 0) is 17.9 Å². The van der Waals surface area contributed by atoms with Crippen molar-refractivity contribution in [3.05, 3.63) is 79.8 Å². The minimum Gasteiger partial charge on any atom is -0.352 e. The van der Waals surface area contributed by atoms with Crippen molar-refractivity contribution in [1.82, 2.24) is 15.1 Å². The Balaban J connectivity index is 1.67. The van der Waals surface area contributed by atoms with Crippen molar-refractivity contribution in [3.63, 3.8) is 0 Å². The first-order chi connectivity index (χ1) is 12.1. The molecule has 128 valence electrons. The van der Waals surface area contributed by atoms with Gasteiger partial charge >= 0.3 is 0 Å². The fraction of sp³-hybridized carbons (Fsp3) is 0.167. The molecule has 1 heterocycles. The number of benzene rings is 2. The highest BCUT2D eigenvalue weighted by Crippen LogP contribution is 2.14. The molecule has 0 unspecified atom stereocenters. The smallest absolute Gasteiger partial charge is 0.273 e. The van der Waals surface area contributed by atoms with Crippen LogP contribution in [0.2, 0.25) is 5.02 Å². The Labute approximate surface area is 148 Å². The fourth-order valence-electron chi connectivity index (χ4n) is 2.54. The number of nitrogens with one attached hydrogen (secondary N) is 2. The first kappa shape index (κ1) is 17.0. The summed E-state index contributed by atoms with van der Waals surface area (Å²) in [6, 6.07) is 13.8. The number of hydrogen-bond donors (Lipinski definition) is 2. The summed E-state index contributed by atoms with van der Waals surface area (Å²) in [5, 5.41) is 6.51. The number of nitrogens with zero attached hydrogens (tertiary/aromatic N) is 1. The van der Waals surface area contributed by atoms with E-state index in [0.29, 0.717) is 22.3 Å². The summed E-state index contributed by atoms with van der Waals surface area (Å²) < 4.78 is 1.17. The summed E-state index contributed by atoms with van der Waals surface area (Å²) in [6.07, 6.45) is 0.0681. The van der Waals surface area contributed by atoms with Gasteiger partial charge < -0.3 is 5.32 Å². The standard InChI is InChI=1S/C18H16ClN3O3/c19-15-8-4-1-5-12(15)11-20-16(23)9-10-22-18(25)14-7-3-2-6-13(14)17(24)21-22/h1-8H,9-11H2,(H,20,23)(H,21,24). The molecule has 2 N–H and O–H groups in total. The Kier molecular flexibility index (Phi) is 5.00. The number of carbonyl (C=O) groups excluding carboxylic acids is 1. The van der Waals surface area contributed by atoms with Gasteiger partial charge in [-0.15, -0.1) is 0 Å². The number of aromatic amines is 1. The Morgan fingerprint density at radius 3 is 2.48 bits per heavy atom. The molecule has 25 heavy (non-hydrogen) atoms. The molecule has 7 heteroatoms. The average molecular weight is 358 g/mol. The van der Waals surface area contributed by atoms with Crippen LogP contribution in [0.5, 0.6) is 0 Å². The second kappa shape index (κ2) is 7.36. The number of halogens is 1. The molecule has 0 aliphatic carbocycles. The molecule has 1 amide bonds. The van der Waals surface area contributed by atoms with Gasteiger partial charge in [0.25, 0.3) is 11.1 Å². The maximum absolute atomic E-state index is 12.4. The number of aryl methyl sites for hydroxylation is 1. The molecule has 6 nitrogen and oxygen atoms in total. The lowest BCUT2D eigenvalue weighted by molar-refractivity contribution is -0.121. The molecule has 0 aliphatic heterocycles. The maximum atomic E-state index is 12.4. The van der Waals surface area contributed by atoms with Crippen LogP contribution in [0.25, 0.3) is 10.8 Å². The zero-order valence-corrected chi connectivity index (χ0v) is 14.0. The fourth-order valence-corrected chi connectivity index (χ4v) is 2.74. The van der Waals surface area contributed by atoms with Crippen LogP contribution in [0.3, 0.4) is 0 Å². The van der Waals surface area contributed by atoms with E-state index in [1.54, 1.807) is 30.3 Å². The van der Waals surface area contributed by atoms with Gasteiger partial charge in [-0.2, -0.15) is 0 Å². The van der Waals surface area contributed by atoms with E-state index in [9.17, 15) is 14.4 Å². The number of amides is 1. The van der Waals surface area contributed by atoms with Crippen LogP contribution in [0.1, 0.15) is 12.0 Å². The summed E-state index contributed by atoms with van der Waals surface area (Å²) in [5.41, 5.74) is 0.134. The predicted molar refractivity (Wildman–Crippen MR) is 96.7 cm³/mol. The van der Waals surface area contributed by atoms with E-state index in [1.807, 2.05) is 18.2 Å². The number of aromatic nitrogens is 2. The zero-order chi connectivity index (χ0) is 17.8. The second-order valence-corrected chi connectivity index (χ2v) is 5.97. The Morgan fingerprint density at radius 1 is 1.04 bits per heavy atom. The van der Waals surface area contributed by atoms with Gasteiger partial charge in [-0.1, -0.05) is 41.9 Å². The maximum Gasteiger partial charge on any atom is 0.273 e. The number of fused-ring (bicyclic) bond motifs is 1. The highest BCUT2D eigenvalue weighted by molar-refractivity contribution is 6.31. The minimum atomic E-state index is -0.355. The molecule has 0 bridgehead atoms. The van der Waals surface area contributed by atoms with Gasteiger partial charge in [0.1, 0.15) is 0 Å². The van der Waals surface area contributed by atoms with Gasteiger partial charge in [-0.25, -0.2) is 4.68 Å². The molecule has 0 atom stereocenters. The largest absolute Gasteiger partial charge is 0.352 e. The van der Waals surface area contributed by atoms with E-state index < -0.39 is 0 Å². The molecular weight excluding hydrogens is 342 g/mol. The summed E-state index contributed by atoms with van der Waals surface area (Å²) in [6.45, 7) is 0.398. The van der Waals surface area contributed by atoms with Crippen molar-refractivity contribution in [2.24, 2.45) is 0 Å². The first-order valence-corrected chi connectivity index (χ1v) is 8.16. The molecule has 1 aromatic heterocycles. The molecule has 0 aliphatic rings. The summed E-state index contributed by atoms with van der Waals surface area (Å²) in [5.74, 6) is -0.235. The first-order valence-electron chi connectivity index (χ1n) is 7.78. The molecule has 0 spiro atoms. The molecule has 3 rings (SSSR count). The zero-order valence-electron chi connectivity index (χ0n) is 13.3. The van der Waals surface area contributed by atoms with Gasteiger partial charge in [0.2, 0.25) is 5.91 Å². The number of hydrogen-bond acceptors (Lipinski definition) is 3. The van der Waals surface area contributed by atoms with Crippen LogP contribution < -0.4 is 16.4 Å². The van der Waals surface area contributed by atoms with E-state index in [1.165, 1.54) is 4.68 Å². The van der Waals surface area contributed by atoms with E-state index in [2.05, 4.69) is 10.4 Å². The SMILES string of the molecule is O=C(CCn1[nH]c(=O)c2ccccc2c1=O)NCc1ccccc1Cl. The van der Waals surface area contributed by atoms with E-state index in [0.717, 1.165) is 5.56 Å². The third kappa shape index (κ3) is 3.80. The molecule has 0 saturated heterocycles. The van der Waals surface area contributed by atoms with E-state index in [4.69, 9.17) is 11.6 Å². The van der Waals surface area contributed by atoms with Gasteiger partial charge in [0, 0.05) is 18.0 Å². The number of H-pyrrole nitrogens is 1. The molecule has 2 aromatic carbocycles. The second-order valence-electron chi connectivity index (χ2n) is 5.56. The van der Waals surface area contributed by atoms with Gasteiger partial charge in [-0.3, -0.25) is 19.5 Å². The van der Waals surface area contributed by atoms with E-state index >= 15 is 0 Å². The van der Waals surface area contributed by atoms with Crippen LogP contribution in [0.4, 0.5) is 0 Å². The summed E-state index contributed by atoms with van der Waals surface area (Å²) >= 11 is 6.04. The van der Waals surface area contributed by atoms with Crippen molar-refractivity contribution in [2.45, 2.75) is 19.5 Å². The average Bonchev–Trinajstić information content (AvgIpc) is 2.63. The Bertz CT molecular complexity index is 1040. The lowest BCUT2D eigenvalue weighted by Gasteiger charge is -2.09. The Morgan fingerprint density at radius 2 is 1.72 bits per heavy atom. The van der Waals surface area contributed by atoms with Crippen LogP contribution in [-0.4, -0.2) is 15.7 Å². The van der Waals surface area contributed by atoms with Gasteiger partial charge in [0.15, 0.2) is 0 Å². The number of rotatable bonds is 5. The third-order valence-electron chi connectivity index (χ3n) is 3.88. The topological polar surface area (TPSA) is 84.0 Å². The Hall–Kier alpha value is -2.86. The monoisotopic (exact) mass is 357 g/mol. The van der Waals surface area contributed by atoms with Crippen molar-refractivity contribution in [3.8, 4) is 0 Å². The highest BCUT2D eigenvalue weighted by Gasteiger charge is 2.09. The van der Waals surface area contributed by atoms with Crippen LogP contribution in [0.15, 0.2) is 58.1 Å². The van der Waals surface area contributed by atoms with Crippen molar-refractivity contribution in [2.75, 3.05) is 0 Å².